The molecule has 2 aromatic carbocycles. The maximum absolute atomic E-state index is 12.9. The van der Waals surface area contributed by atoms with E-state index in [1.807, 2.05) is 0 Å². The van der Waals surface area contributed by atoms with Crippen LogP contribution in [0.15, 0.2) is 42.5 Å². The van der Waals surface area contributed by atoms with Crippen molar-refractivity contribution in [2.75, 3.05) is 30.1 Å². The Bertz CT molecular complexity index is 1030. The van der Waals surface area contributed by atoms with Crippen molar-refractivity contribution in [3.63, 3.8) is 0 Å². The van der Waals surface area contributed by atoms with Crippen LogP contribution < -0.4 is 19.1 Å². The summed E-state index contributed by atoms with van der Waals surface area (Å²) in [4.78, 5) is 12.7. The molecule has 0 saturated carbocycles. The fourth-order valence-electron chi connectivity index (χ4n) is 2.77. The van der Waals surface area contributed by atoms with Gasteiger partial charge in [0.2, 0.25) is 15.9 Å². The predicted octanol–water partition coefficient (Wildman–Crippen LogP) is 3.52. The molecule has 0 bridgehead atoms. The molecule has 0 heterocycles. The lowest BCUT2D eigenvalue weighted by atomic mass is 10.2. The summed E-state index contributed by atoms with van der Waals surface area (Å²) >= 11 is 0. The molecule has 0 aliphatic heterocycles. The first kappa shape index (κ1) is 23.3. The van der Waals surface area contributed by atoms with Crippen LogP contribution in [0.2, 0.25) is 0 Å². The number of anilines is 2. The van der Waals surface area contributed by atoms with Gasteiger partial charge in [0.1, 0.15) is 17.5 Å². The quantitative estimate of drug-likeness (QED) is 0.704. The molecule has 30 heavy (non-hydrogen) atoms. The average Bonchev–Trinajstić information content (AvgIpc) is 2.66. The summed E-state index contributed by atoms with van der Waals surface area (Å²) < 4.78 is 74.8. The summed E-state index contributed by atoms with van der Waals surface area (Å²) in [7, 11) is -1.27. The van der Waals surface area contributed by atoms with Crippen LogP contribution in [-0.2, 0) is 21.0 Å². The third kappa shape index (κ3) is 5.35. The maximum atomic E-state index is 12.9. The molecule has 1 unspecified atom stereocenters. The van der Waals surface area contributed by atoms with Crippen LogP contribution in [0.25, 0.3) is 0 Å². The molecule has 0 aliphatic carbocycles. The van der Waals surface area contributed by atoms with Crippen molar-refractivity contribution in [3.05, 3.63) is 48.0 Å². The molecule has 0 aromatic heterocycles. The summed E-state index contributed by atoms with van der Waals surface area (Å²) in [6, 6.07) is 7.15. The van der Waals surface area contributed by atoms with Gasteiger partial charge >= 0.3 is 6.18 Å². The number of alkyl halides is 3. The number of nitrogens with one attached hydrogen (secondary N) is 1. The molecule has 0 saturated heterocycles. The molecule has 0 radical (unpaired) electrons. The number of halogens is 3. The SMILES string of the molecule is COc1ccc(OC)c(N(C(C)C(=O)Nc2cccc(C(F)(F)F)c2)S(C)(=O)=O)c1. The number of benzene rings is 2. The molecule has 164 valence electrons. The predicted molar refractivity (Wildman–Crippen MR) is 106 cm³/mol. The van der Waals surface area contributed by atoms with E-state index in [0.717, 1.165) is 28.8 Å². The van der Waals surface area contributed by atoms with Crippen molar-refractivity contribution in [2.45, 2.75) is 19.1 Å². The average molecular weight is 446 g/mol. The summed E-state index contributed by atoms with van der Waals surface area (Å²) in [5.41, 5.74) is -1.01. The van der Waals surface area contributed by atoms with Gasteiger partial charge in [-0.05, 0) is 37.3 Å². The van der Waals surface area contributed by atoms with Gasteiger partial charge in [-0.25, -0.2) is 8.42 Å². The Morgan fingerprint density at radius 2 is 1.77 bits per heavy atom. The van der Waals surface area contributed by atoms with Gasteiger partial charge in [-0.2, -0.15) is 13.2 Å². The number of sulfonamides is 1. The van der Waals surface area contributed by atoms with Gasteiger partial charge in [0, 0.05) is 11.8 Å². The van der Waals surface area contributed by atoms with Crippen molar-refractivity contribution in [1.29, 1.82) is 0 Å². The minimum absolute atomic E-state index is 0.0473. The zero-order valence-electron chi connectivity index (χ0n) is 16.6. The molecule has 11 heteroatoms. The Labute approximate surface area is 172 Å². The molecule has 0 spiro atoms. The highest BCUT2D eigenvalue weighted by atomic mass is 32.2. The first-order valence-electron chi connectivity index (χ1n) is 8.58. The Hall–Kier alpha value is -2.95. The fourth-order valence-corrected chi connectivity index (χ4v) is 3.94. The van der Waals surface area contributed by atoms with Crippen LogP contribution in [0.3, 0.4) is 0 Å². The van der Waals surface area contributed by atoms with Gasteiger partial charge in [0.15, 0.2) is 0 Å². The Balaban J connectivity index is 2.42. The van der Waals surface area contributed by atoms with Gasteiger partial charge in [0.05, 0.1) is 31.7 Å². The van der Waals surface area contributed by atoms with E-state index in [1.54, 1.807) is 6.07 Å². The van der Waals surface area contributed by atoms with Crippen molar-refractivity contribution in [2.24, 2.45) is 0 Å². The molecule has 0 fully saturated rings. The van der Waals surface area contributed by atoms with Crippen molar-refractivity contribution >= 4 is 27.3 Å². The van der Waals surface area contributed by atoms with Gasteiger partial charge in [-0.15, -0.1) is 0 Å². The third-order valence-electron chi connectivity index (χ3n) is 4.17. The van der Waals surface area contributed by atoms with E-state index in [2.05, 4.69) is 5.32 Å². The molecular formula is C19H21F3N2O5S. The second kappa shape index (κ2) is 8.82. The van der Waals surface area contributed by atoms with Crippen molar-refractivity contribution < 1.29 is 35.9 Å². The molecular weight excluding hydrogens is 425 g/mol. The minimum atomic E-state index is -4.58. The molecule has 1 atom stereocenters. The number of hydrogen-bond donors (Lipinski definition) is 1. The van der Waals surface area contributed by atoms with E-state index in [0.29, 0.717) is 5.75 Å². The fraction of sp³-hybridized carbons (Fsp3) is 0.316. The normalized spacial score (nSPS) is 12.8. The number of carbonyl (C=O) groups excluding carboxylic acids is 1. The number of ether oxygens (including phenoxy) is 2. The van der Waals surface area contributed by atoms with E-state index in [9.17, 15) is 26.4 Å². The highest BCUT2D eigenvalue weighted by molar-refractivity contribution is 7.92. The van der Waals surface area contributed by atoms with Gasteiger partial charge in [-0.1, -0.05) is 6.07 Å². The largest absolute Gasteiger partial charge is 0.497 e. The highest BCUT2D eigenvalue weighted by Crippen LogP contribution is 2.35. The summed E-state index contributed by atoms with van der Waals surface area (Å²) in [6.45, 7) is 1.31. The third-order valence-corrected chi connectivity index (χ3v) is 5.40. The van der Waals surface area contributed by atoms with Crippen molar-refractivity contribution in [1.82, 2.24) is 0 Å². The van der Waals surface area contributed by atoms with Gasteiger partial charge in [0.25, 0.3) is 0 Å². The minimum Gasteiger partial charge on any atom is -0.497 e. The second-order valence-corrected chi connectivity index (χ2v) is 8.20. The number of methoxy groups -OCH3 is 2. The number of nitrogens with zero attached hydrogens (tertiary/aromatic N) is 1. The zero-order chi connectivity index (χ0) is 22.7. The maximum Gasteiger partial charge on any atom is 0.416 e. The van der Waals surface area contributed by atoms with Crippen molar-refractivity contribution in [3.8, 4) is 11.5 Å². The Kier molecular flexibility index (Phi) is 6.86. The summed E-state index contributed by atoms with van der Waals surface area (Å²) in [5.74, 6) is -0.338. The molecule has 0 aliphatic rings. The number of hydrogen-bond acceptors (Lipinski definition) is 5. The van der Waals surface area contributed by atoms with E-state index in [-0.39, 0.29) is 17.1 Å². The van der Waals surface area contributed by atoms with Crippen LogP contribution >= 0.6 is 0 Å². The summed E-state index contributed by atoms with van der Waals surface area (Å²) in [6.07, 6.45) is -3.68. The lowest BCUT2D eigenvalue weighted by Crippen LogP contribution is -2.45. The van der Waals surface area contributed by atoms with Crippen LogP contribution in [0.1, 0.15) is 12.5 Å². The van der Waals surface area contributed by atoms with Gasteiger partial charge in [-0.3, -0.25) is 9.10 Å². The topological polar surface area (TPSA) is 84.9 Å². The van der Waals surface area contributed by atoms with E-state index in [4.69, 9.17) is 9.47 Å². The smallest absolute Gasteiger partial charge is 0.416 e. The number of rotatable bonds is 7. The Morgan fingerprint density at radius 1 is 1.10 bits per heavy atom. The first-order valence-corrected chi connectivity index (χ1v) is 10.4. The molecule has 2 aromatic rings. The van der Waals surface area contributed by atoms with E-state index in [1.165, 1.54) is 39.3 Å². The van der Waals surface area contributed by atoms with Gasteiger partial charge < -0.3 is 14.8 Å². The number of amides is 1. The standard InChI is InChI=1S/C19H21F3N2O5S/c1-12(18(25)23-14-7-5-6-13(10-14)19(20,21)22)24(30(4,26)27)16-11-15(28-2)8-9-17(16)29-3/h5-12H,1-4H3,(H,23,25). The first-order chi connectivity index (χ1) is 13.9. The van der Waals surface area contributed by atoms with Crippen LogP contribution in [-0.4, -0.2) is 40.8 Å². The Morgan fingerprint density at radius 3 is 2.30 bits per heavy atom. The molecule has 1 amide bonds. The zero-order valence-corrected chi connectivity index (χ0v) is 17.5. The number of carbonyl (C=O) groups is 1. The van der Waals surface area contributed by atoms with E-state index >= 15 is 0 Å². The second-order valence-electron chi connectivity index (χ2n) is 6.34. The van der Waals surface area contributed by atoms with E-state index < -0.39 is 33.7 Å². The monoisotopic (exact) mass is 446 g/mol. The molecule has 2 rings (SSSR count). The van der Waals surface area contributed by atoms with Crippen LogP contribution in [0.5, 0.6) is 11.5 Å². The summed E-state index contributed by atoms with van der Waals surface area (Å²) in [5, 5.41) is 2.33. The van der Waals surface area contributed by atoms with Crippen LogP contribution in [0.4, 0.5) is 24.5 Å². The highest BCUT2D eigenvalue weighted by Gasteiger charge is 2.33. The lowest BCUT2D eigenvalue weighted by molar-refractivity contribution is -0.137. The molecule has 7 nitrogen and oxygen atoms in total. The lowest BCUT2D eigenvalue weighted by Gasteiger charge is -2.29. The molecule has 1 N–H and O–H groups in total. The van der Waals surface area contributed by atoms with Crippen LogP contribution in [0, 0.1) is 0 Å².